The first-order valence-electron chi connectivity index (χ1n) is 3.64. The van der Waals surface area contributed by atoms with Crippen LogP contribution in [-0.2, 0) is 4.79 Å². The lowest BCUT2D eigenvalue weighted by Gasteiger charge is -1.96. The van der Waals surface area contributed by atoms with Crippen molar-refractivity contribution in [3.05, 3.63) is 6.20 Å². The zero-order valence-electron chi connectivity index (χ0n) is 6.74. The van der Waals surface area contributed by atoms with E-state index in [1.807, 2.05) is 6.92 Å². The Kier molecular flexibility index (Phi) is 3.04. The van der Waals surface area contributed by atoms with E-state index in [4.69, 9.17) is 10.5 Å². The van der Waals surface area contributed by atoms with Crippen molar-refractivity contribution in [2.45, 2.75) is 19.8 Å². The smallest absolute Gasteiger partial charge is 0.312 e. The van der Waals surface area contributed by atoms with Crippen LogP contribution in [0.3, 0.4) is 0 Å². The van der Waals surface area contributed by atoms with E-state index in [1.165, 1.54) is 17.5 Å². The first-order valence-corrected chi connectivity index (χ1v) is 4.46. The Morgan fingerprint density at radius 2 is 2.58 bits per heavy atom. The third-order valence-corrected chi connectivity index (χ3v) is 1.88. The minimum atomic E-state index is -0.235. The highest BCUT2D eigenvalue weighted by Gasteiger charge is 2.05. The molecule has 0 fully saturated rings. The minimum absolute atomic E-state index is 0.235. The second-order valence-corrected chi connectivity index (χ2v) is 3.27. The van der Waals surface area contributed by atoms with Gasteiger partial charge in [0.2, 0.25) is 5.06 Å². The van der Waals surface area contributed by atoms with Gasteiger partial charge in [-0.2, -0.15) is 0 Å². The van der Waals surface area contributed by atoms with Gasteiger partial charge < -0.3 is 10.5 Å². The molecule has 2 N–H and O–H groups in total. The van der Waals surface area contributed by atoms with Crippen LogP contribution in [0, 0.1) is 0 Å². The zero-order valence-corrected chi connectivity index (χ0v) is 7.56. The molecule has 0 bridgehead atoms. The maximum absolute atomic E-state index is 10.9. The number of aromatic nitrogens is 1. The van der Waals surface area contributed by atoms with Gasteiger partial charge in [-0.3, -0.25) is 4.79 Å². The molecule has 1 aromatic heterocycles. The topological polar surface area (TPSA) is 65.2 Å². The summed E-state index contributed by atoms with van der Waals surface area (Å²) in [5, 5.41) is 0.875. The van der Waals surface area contributed by atoms with Crippen LogP contribution in [0.15, 0.2) is 6.20 Å². The molecule has 4 nitrogen and oxygen atoms in total. The molecule has 0 atom stereocenters. The lowest BCUT2D eigenvalue weighted by atomic mass is 10.3. The van der Waals surface area contributed by atoms with E-state index in [0.717, 1.165) is 6.42 Å². The highest BCUT2D eigenvalue weighted by molar-refractivity contribution is 7.17. The summed E-state index contributed by atoms with van der Waals surface area (Å²) < 4.78 is 4.91. The molecule has 66 valence electrons. The molecule has 0 radical (unpaired) electrons. The lowest BCUT2D eigenvalue weighted by Crippen LogP contribution is -2.05. The number of anilines is 1. The summed E-state index contributed by atoms with van der Waals surface area (Å²) >= 11 is 1.17. The van der Waals surface area contributed by atoms with Gasteiger partial charge in [0, 0.05) is 6.42 Å². The summed E-state index contributed by atoms with van der Waals surface area (Å²) in [5.74, 6) is -0.235. The molecule has 0 amide bonds. The molecule has 0 saturated carbocycles. The number of nitrogen functional groups attached to an aromatic ring is 1. The summed E-state index contributed by atoms with van der Waals surface area (Å²) in [5.41, 5.74) is 5.34. The van der Waals surface area contributed by atoms with Gasteiger partial charge >= 0.3 is 5.97 Å². The van der Waals surface area contributed by atoms with Crippen LogP contribution in [0.4, 0.5) is 5.13 Å². The second-order valence-electron chi connectivity index (χ2n) is 2.24. The predicted molar refractivity (Wildman–Crippen MR) is 47.1 cm³/mol. The number of nitrogens with two attached hydrogens (primary N) is 1. The third kappa shape index (κ3) is 2.50. The predicted octanol–water partition coefficient (Wildman–Crippen LogP) is 1.43. The average molecular weight is 186 g/mol. The molecular weight excluding hydrogens is 176 g/mol. The quantitative estimate of drug-likeness (QED) is 0.725. The van der Waals surface area contributed by atoms with Crippen molar-refractivity contribution >= 4 is 22.4 Å². The number of ether oxygens (including phenoxy) is 1. The van der Waals surface area contributed by atoms with Gasteiger partial charge in [-0.25, -0.2) is 4.98 Å². The summed E-state index contributed by atoms with van der Waals surface area (Å²) in [6.07, 6.45) is 2.67. The molecule has 1 aromatic rings. The summed E-state index contributed by atoms with van der Waals surface area (Å²) in [7, 11) is 0. The fraction of sp³-hybridized carbons (Fsp3) is 0.429. The Bertz CT molecular complexity index is 272. The number of hydrogen-bond donors (Lipinski definition) is 1. The van der Waals surface area contributed by atoms with Crippen molar-refractivity contribution in [1.82, 2.24) is 4.98 Å². The number of hydrogen-bond acceptors (Lipinski definition) is 5. The van der Waals surface area contributed by atoms with Crippen LogP contribution in [0.1, 0.15) is 19.8 Å². The van der Waals surface area contributed by atoms with Gasteiger partial charge in [0.15, 0.2) is 5.13 Å². The molecule has 0 aromatic carbocycles. The van der Waals surface area contributed by atoms with Crippen LogP contribution in [-0.4, -0.2) is 11.0 Å². The van der Waals surface area contributed by atoms with Crippen molar-refractivity contribution in [3.8, 4) is 5.06 Å². The van der Waals surface area contributed by atoms with Crippen molar-refractivity contribution in [3.63, 3.8) is 0 Å². The van der Waals surface area contributed by atoms with Crippen LogP contribution in [0.25, 0.3) is 0 Å². The van der Waals surface area contributed by atoms with Gasteiger partial charge in [0.25, 0.3) is 0 Å². The molecule has 0 aliphatic carbocycles. The number of esters is 1. The summed E-state index contributed by atoms with van der Waals surface area (Å²) in [4.78, 5) is 14.7. The highest BCUT2D eigenvalue weighted by atomic mass is 32.1. The van der Waals surface area contributed by atoms with Crippen LogP contribution < -0.4 is 10.5 Å². The third-order valence-electron chi connectivity index (χ3n) is 1.17. The number of carbonyl (C=O) groups excluding carboxylic acids is 1. The van der Waals surface area contributed by atoms with Crippen LogP contribution >= 0.6 is 11.3 Å². The monoisotopic (exact) mass is 186 g/mol. The van der Waals surface area contributed by atoms with Gasteiger partial charge in [-0.15, -0.1) is 0 Å². The van der Waals surface area contributed by atoms with E-state index < -0.39 is 0 Å². The number of carbonyl (C=O) groups is 1. The maximum atomic E-state index is 10.9. The first kappa shape index (κ1) is 8.99. The Hall–Kier alpha value is -1.10. The normalized spacial score (nSPS) is 9.75. The van der Waals surface area contributed by atoms with Crippen LogP contribution in [0.5, 0.6) is 5.06 Å². The lowest BCUT2D eigenvalue weighted by molar-refractivity contribution is -0.134. The minimum Gasteiger partial charge on any atom is -0.414 e. The molecule has 0 unspecified atom stereocenters. The molecule has 1 rings (SSSR count). The largest absolute Gasteiger partial charge is 0.414 e. The number of rotatable bonds is 3. The van der Waals surface area contributed by atoms with E-state index in [2.05, 4.69) is 4.98 Å². The van der Waals surface area contributed by atoms with Gasteiger partial charge in [0.05, 0.1) is 6.20 Å². The summed E-state index contributed by atoms with van der Waals surface area (Å²) in [6.45, 7) is 1.92. The molecule has 0 aliphatic heterocycles. The molecule has 1 heterocycles. The van der Waals surface area contributed by atoms with Gasteiger partial charge in [0.1, 0.15) is 0 Å². The van der Waals surface area contributed by atoms with Crippen molar-refractivity contribution in [2.75, 3.05) is 5.73 Å². The van der Waals surface area contributed by atoms with Crippen molar-refractivity contribution in [2.24, 2.45) is 0 Å². The van der Waals surface area contributed by atoms with Crippen molar-refractivity contribution < 1.29 is 9.53 Å². The Labute approximate surface area is 74.4 Å². The number of thiazole rings is 1. The zero-order chi connectivity index (χ0) is 8.97. The summed E-state index contributed by atoms with van der Waals surface area (Å²) in [6, 6.07) is 0. The van der Waals surface area contributed by atoms with Crippen molar-refractivity contribution in [1.29, 1.82) is 0 Å². The number of nitrogens with zero attached hydrogens (tertiary/aromatic N) is 1. The highest BCUT2D eigenvalue weighted by Crippen LogP contribution is 2.23. The van der Waals surface area contributed by atoms with E-state index >= 15 is 0 Å². The van der Waals surface area contributed by atoms with E-state index in [9.17, 15) is 4.79 Å². The fourth-order valence-electron chi connectivity index (χ4n) is 0.687. The fourth-order valence-corrected chi connectivity index (χ4v) is 1.24. The molecular formula is C7H10N2O2S. The van der Waals surface area contributed by atoms with E-state index in [-0.39, 0.29) is 5.97 Å². The second kappa shape index (κ2) is 4.06. The molecule has 5 heteroatoms. The SMILES string of the molecule is CCCC(=O)Oc1cnc(N)s1. The Morgan fingerprint density at radius 3 is 3.08 bits per heavy atom. The Balaban J connectivity index is 2.46. The van der Waals surface area contributed by atoms with Gasteiger partial charge in [-0.05, 0) is 6.42 Å². The van der Waals surface area contributed by atoms with Gasteiger partial charge in [-0.1, -0.05) is 18.3 Å². The maximum Gasteiger partial charge on any atom is 0.312 e. The molecule has 12 heavy (non-hydrogen) atoms. The first-order chi connectivity index (χ1) is 5.72. The van der Waals surface area contributed by atoms with E-state index in [1.54, 1.807) is 0 Å². The molecule has 0 spiro atoms. The Morgan fingerprint density at radius 1 is 1.83 bits per heavy atom. The standard InChI is InChI=1S/C7H10N2O2S/c1-2-3-5(10)11-6-4-9-7(8)12-6/h4H,2-3H2,1H3,(H2,8,9). The molecule has 0 aliphatic rings. The molecule has 0 saturated heterocycles. The van der Waals surface area contributed by atoms with Crippen LogP contribution in [0.2, 0.25) is 0 Å². The average Bonchev–Trinajstić information content (AvgIpc) is 2.36. The van der Waals surface area contributed by atoms with E-state index in [0.29, 0.717) is 16.6 Å².